The molecule has 294 valence electrons. The Labute approximate surface area is 345 Å². The Morgan fingerprint density at radius 3 is 1.37 bits per heavy atom. The SMILES string of the molecule is CCCCCCn1c2ccccc2c2cc(/C=C/c3cc(/C=C/c4ccc5c(c4)c4ccccc4n5CCCCCC)nc(N4C(=O)c5ccccc5C4=O)n3)ccc21. The monoisotopic (exact) mass is 775 g/mol. The molecule has 0 bridgehead atoms. The molecule has 0 aliphatic carbocycles. The molecule has 0 saturated heterocycles. The van der Waals surface area contributed by atoms with Gasteiger partial charge in [0, 0.05) is 56.7 Å². The van der Waals surface area contributed by atoms with E-state index >= 15 is 0 Å². The minimum Gasteiger partial charge on any atom is -0.340 e. The highest BCUT2D eigenvalue weighted by molar-refractivity contribution is 6.33. The number of fused-ring (bicyclic) bond motifs is 7. The number of carbonyl (C=O) groups excluding carboxylic acids is 2. The molecule has 1 aliphatic rings. The Kier molecular flexibility index (Phi) is 10.7. The molecule has 0 N–H and O–H groups in total. The molecule has 3 aromatic heterocycles. The van der Waals surface area contributed by atoms with Crippen LogP contribution in [0, 0.1) is 0 Å². The third kappa shape index (κ3) is 7.38. The van der Waals surface area contributed by atoms with Gasteiger partial charge in [0.15, 0.2) is 0 Å². The van der Waals surface area contributed by atoms with Crippen molar-refractivity contribution in [2.45, 2.75) is 78.3 Å². The van der Waals surface area contributed by atoms with E-state index in [9.17, 15) is 9.59 Å². The van der Waals surface area contributed by atoms with Crippen molar-refractivity contribution in [1.82, 2.24) is 19.1 Å². The zero-order valence-electron chi connectivity index (χ0n) is 33.9. The van der Waals surface area contributed by atoms with Gasteiger partial charge in [0.05, 0.1) is 22.5 Å². The van der Waals surface area contributed by atoms with Crippen LogP contribution >= 0.6 is 0 Å². The average molecular weight is 776 g/mol. The smallest absolute Gasteiger partial charge is 0.268 e. The van der Waals surface area contributed by atoms with E-state index in [1.807, 2.05) is 30.4 Å². The average Bonchev–Trinajstić information content (AvgIpc) is 3.86. The van der Waals surface area contributed by atoms with Crippen molar-refractivity contribution < 1.29 is 9.59 Å². The number of rotatable bonds is 15. The van der Waals surface area contributed by atoms with Crippen LogP contribution < -0.4 is 4.90 Å². The number of anilines is 1. The van der Waals surface area contributed by atoms with E-state index in [2.05, 4.69) is 108 Å². The quantitative estimate of drug-likeness (QED) is 0.0768. The molecule has 7 heteroatoms. The molecule has 0 fully saturated rings. The second kappa shape index (κ2) is 16.7. The molecule has 8 aromatic rings. The molecule has 4 heterocycles. The molecule has 0 unspecified atom stereocenters. The van der Waals surface area contributed by atoms with Gasteiger partial charge in [-0.1, -0.05) is 125 Å². The van der Waals surface area contributed by atoms with Crippen LogP contribution in [0.2, 0.25) is 0 Å². The number of carbonyl (C=O) groups is 2. The van der Waals surface area contributed by atoms with Crippen molar-refractivity contribution in [1.29, 1.82) is 0 Å². The van der Waals surface area contributed by atoms with E-state index in [1.54, 1.807) is 24.3 Å². The molecular formula is C52H49N5O2. The van der Waals surface area contributed by atoms with Gasteiger partial charge < -0.3 is 9.13 Å². The maximum atomic E-state index is 13.6. The molecule has 0 saturated carbocycles. The lowest BCUT2D eigenvalue weighted by atomic mass is 10.1. The maximum Gasteiger partial charge on any atom is 0.268 e. The standard InChI is InChI=1S/C52H49N5O2/c1-3-5-7-15-31-55-46-21-13-11-17-40(46)44-33-36(25-29-48(44)55)23-27-38-35-39(54-52(53-38)57-50(58)42-19-9-10-20-43(42)51(57)59)28-24-37-26-30-49-45(34-37)41-18-12-14-22-47(41)56(49)32-16-8-6-4-2/h9-14,17-30,33-35H,3-8,15-16,31-32H2,1-2H3/b27-23+,28-24+. The summed E-state index contributed by atoms with van der Waals surface area (Å²) in [6.45, 7) is 6.48. The number of benzene rings is 5. The summed E-state index contributed by atoms with van der Waals surface area (Å²) < 4.78 is 4.91. The molecule has 9 rings (SSSR count). The first kappa shape index (κ1) is 37.9. The normalized spacial score (nSPS) is 13.2. The van der Waals surface area contributed by atoms with Gasteiger partial charge >= 0.3 is 0 Å². The number of unbranched alkanes of at least 4 members (excludes halogenated alkanes) is 6. The lowest BCUT2D eigenvalue weighted by Gasteiger charge is -2.13. The number of aromatic nitrogens is 4. The van der Waals surface area contributed by atoms with Crippen LogP contribution in [-0.2, 0) is 13.1 Å². The summed E-state index contributed by atoms with van der Waals surface area (Å²) in [4.78, 5) is 38.0. The Morgan fingerprint density at radius 1 is 0.458 bits per heavy atom. The maximum absolute atomic E-state index is 13.6. The van der Waals surface area contributed by atoms with Gasteiger partial charge in [-0.05, 0) is 90.7 Å². The Hall–Kier alpha value is -6.60. The summed E-state index contributed by atoms with van der Waals surface area (Å²) in [5, 5.41) is 4.91. The third-order valence-corrected chi connectivity index (χ3v) is 11.7. The first-order valence-corrected chi connectivity index (χ1v) is 21.3. The summed E-state index contributed by atoms with van der Waals surface area (Å²) in [6, 6.07) is 39.3. The highest BCUT2D eigenvalue weighted by Crippen LogP contribution is 2.33. The van der Waals surface area contributed by atoms with Crippen molar-refractivity contribution in [2.75, 3.05) is 4.90 Å². The molecule has 2 amide bonds. The first-order valence-electron chi connectivity index (χ1n) is 21.3. The molecule has 1 aliphatic heterocycles. The highest BCUT2D eigenvalue weighted by atomic mass is 16.2. The fourth-order valence-electron chi connectivity index (χ4n) is 8.70. The third-order valence-electron chi connectivity index (χ3n) is 11.7. The Balaban J connectivity index is 1.07. The van der Waals surface area contributed by atoms with Gasteiger partial charge in [0.1, 0.15) is 0 Å². The van der Waals surface area contributed by atoms with E-state index in [1.165, 1.54) is 82.1 Å². The second-order valence-electron chi connectivity index (χ2n) is 15.7. The largest absolute Gasteiger partial charge is 0.340 e. The van der Waals surface area contributed by atoms with E-state index in [0.717, 1.165) is 42.0 Å². The molecule has 5 aromatic carbocycles. The lowest BCUT2D eigenvalue weighted by molar-refractivity contribution is 0.0923. The van der Waals surface area contributed by atoms with Gasteiger partial charge in [0.2, 0.25) is 5.95 Å². The number of nitrogens with zero attached hydrogens (tertiary/aromatic N) is 5. The fraction of sp³-hybridized carbons (Fsp3) is 0.231. The lowest BCUT2D eigenvalue weighted by Crippen LogP contribution is -2.31. The summed E-state index contributed by atoms with van der Waals surface area (Å²) in [5.41, 5.74) is 8.93. The van der Waals surface area contributed by atoms with E-state index in [4.69, 9.17) is 9.97 Å². The number of amides is 2. The first-order chi connectivity index (χ1) is 29.0. The fourth-order valence-corrected chi connectivity index (χ4v) is 8.70. The van der Waals surface area contributed by atoms with Crippen molar-refractivity contribution in [3.05, 3.63) is 149 Å². The number of imide groups is 1. The van der Waals surface area contributed by atoms with E-state index in [0.29, 0.717) is 22.5 Å². The zero-order valence-corrected chi connectivity index (χ0v) is 33.9. The van der Waals surface area contributed by atoms with E-state index in [-0.39, 0.29) is 5.95 Å². The minimum absolute atomic E-state index is 0.0567. The topological polar surface area (TPSA) is 73.0 Å². The summed E-state index contributed by atoms with van der Waals surface area (Å²) >= 11 is 0. The Bertz CT molecular complexity index is 2740. The number of hydrogen-bond acceptors (Lipinski definition) is 4. The Morgan fingerprint density at radius 2 is 0.898 bits per heavy atom. The number of aryl methyl sites for hydroxylation is 2. The van der Waals surface area contributed by atoms with Crippen LogP contribution in [0.25, 0.3) is 67.9 Å². The molecular weight excluding hydrogens is 727 g/mol. The van der Waals surface area contributed by atoms with Crippen LogP contribution in [-0.4, -0.2) is 30.9 Å². The second-order valence-corrected chi connectivity index (χ2v) is 15.7. The molecule has 0 radical (unpaired) electrons. The zero-order chi connectivity index (χ0) is 40.3. The summed E-state index contributed by atoms with van der Waals surface area (Å²) in [6.07, 6.45) is 17.7. The van der Waals surface area contributed by atoms with Crippen LogP contribution in [0.15, 0.2) is 115 Å². The van der Waals surface area contributed by atoms with Gasteiger partial charge in [-0.15, -0.1) is 0 Å². The summed E-state index contributed by atoms with van der Waals surface area (Å²) in [5.74, 6) is -0.786. The van der Waals surface area contributed by atoms with Gasteiger partial charge in [-0.3, -0.25) is 9.59 Å². The highest BCUT2D eigenvalue weighted by Gasteiger charge is 2.38. The predicted octanol–water partition coefficient (Wildman–Crippen LogP) is 13.0. The molecule has 0 spiro atoms. The van der Waals surface area contributed by atoms with Crippen molar-refractivity contribution in [2.24, 2.45) is 0 Å². The molecule has 0 atom stereocenters. The van der Waals surface area contributed by atoms with Crippen molar-refractivity contribution in [3.8, 4) is 0 Å². The van der Waals surface area contributed by atoms with Crippen LogP contribution in [0.5, 0.6) is 0 Å². The number of hydrogen-bond donors (Lipinski definition) is 0. The number of para-hydroxylation sites is 2. The van der Waals surface area contributed by atoms with Gasteiger partial charge in [-0.2, -0.15) is 0 Å². The predicted molar refractivity (Wildman–Crippen MR) is 245 cm³/mol. The van der Waals surface area contributed by atoms with Crippen LogP contribution in [0.4, 0.5) is 5.95 Å². The van der Waals surface area contributed by atoms with Crippen molar-refractivity contribution in [3.63, 3.8) is 0 Å². The van der Waals surface area contributed by atoms with Crippen LogP contribution in [0.3, 0.4) is 0 Å². The summed E-state index contributed by atoms with van der Waals surface area (Å²) in [7, 11) is 0. The molecule has 7 nitrogen and oxygen atoms in total. The van der Waals surface area contributed by atoms with E-state index < -0.39 is 11.8 Å². The molecule has 59 heavy (non-hydrogen) atoms. The minimum atomic E-state index is -0.422. The van der Waals surface area contributed by atoms with Gasteiger partial charge in [-0.25, -0.2) is 14.9 Å². The van der Waals surface area contributed by atoms with Gasteiger partial charge in [0.25, 0.3) is 11.8 Å². The van der Waals surface area contributed by atoms with Crippen LogP contribution in [0.1, 0.15) is 108 Å². The van der Waals surface area contributed by atoms with Crippen molar-refractivity contribution >= 4 is 85.7 Å².